The van der Waals surface area contributed by atoms with E-state index in [2.05, 4.69) is 5.32 Å². The highest BCUT2D eigenvalue weighted by atomic mass is 16.2. The van der Waals surface area contributed by atoms with E-state index in [0.717, 1.165) is 5.39 Å². The second-order valence-corrected chi connectivity index (χ2v) is 6.38. The number of aromatic nitrogens is 1. The van der Waals surface area contributed by atoms with Gasteiger partial charge < -0.3 is 9.88 Å². The Labute approximate surface area is 136 Å². The van der Waals surface area contributed by atoms with Crippen LogP contribution in [0.3, 0.4) is 0 Å². The number of nitrogens with zero attached hydrogens (tertiary/aromatic N) is 1. The second-order valence-electron chi connectivity index (χ2n) is 6.38. The van der Waals surface area contributed by atoms with Gasteiger partial charge >= 0.3 is 0 Å². The van der Waals surface area contributed by atoms with Crippen LogP contribution >= 0.6 is 0 Å². The summed E-state index contributed by atoms with van der Waals surface area (Å²) in [4.78, 5) is 25.2. The van der Waals surface area contributed by atoms with E-state index < -0.39 is 0 Å². The molecular weight excluding hydrogens is 288 g/mol. The molecular formula is C19H24N2O2. The Morgan fingerprint density at radius 2 is 1.96 bits per heavy atom. The van der Waals surface area contributed by atoms with Crippen molar-refractivity contribution in [1.29, 1.82) is 0 Å². The van der Waals surface area contributed by atoms with Crippen LogP contribution in [-0.4, -0.2) is 17.0 Å². The van der Waals surface area contributed by atoms with Gasteiger partial charge in [-0.25, -0.2) is 0 Å². The van der Waals surface area contributed by atoms with E-state index in [1.807, 2.05) is 37.3 Å². The van der Waals surface area contributed by atoms with Crippen molar-refractivity contribution in [2.45, 2.75) is 45.6 Å². The molecule has 1 aromatic carbocycles. The van der Waals surface area contributed by atoms with Crippen LogP contribution in [0.25, 0.3) is 10.8 Å². The summed E-state index contributed by atoms with van der Waals surface area (Å²) in [5, 5.41) is 4.53. The molecule has 4 heteroatoms. The lowest BCUT2D eigenvalue weighted by molar-refractivity contribution is 0.0933. The fourth-order valence-electron chi connectivity index (χ4n) is 3.52. The number of carbonyl (C=O) groups is 1. The molecule has 0 bridgehead atoms. The summed E-state index contributed by atoms with van der Waals surface area (Å²) < 4.78 is 1.57. The summed E-state index contributed by atoms with van der Waals surface area (Å²) in [6.45, 7) is 3.10. The molecule has 4 nitrogen and oxygen atoms in total. The average molecular weight is 312 g/mol. The Balaban J connectivity index is 1.85. The maximum absolute atomic E-state index is 12.6. The van der Waals surface area contributed by atoms with Crippen LogP contribution in [0.15, 0.2) is 35.1 Å². The van der Waals surface area contributed by atoms with Crippen LogP contribution in [-0.2, 0) is 6.54 Å². The number of pyridine rings is 1. The smallest absolute Gasteiger partial charge is 0.268 e. The minimum Gasteiger partial charge on any atom is -0.350 e. The van der Waals surface area contributed by atoms with Crippen LogP contribution in [0, 0.1) is 5.92 Å². The molecule has 122 valence electrons. The zero-order valence-electron chi connectivity index (χ0n) is 13.7. The SMILES string of the molecule is CCn1c(C(=O)NCC2CCCCC2)cc2ccccc2c1=O. The minimum atomic E-state index is -0.139. The molecule has 0 atom stereocenters. The predicted octanol–water partition coefficient (Wildman–Crippen LogP) is 3.33. The van der Waals surface area contributed by atoms with Crippen molar-refractivity contribution in [2.24, 2.45) is 5.92 Å². The molecule has 2 aromatic rings. The van der Waals surface area contributed by atoms with Crippen LogP contribution < -0.4 is 10.9 Å². The summed E-state index contributed by atoms with van der Waals surface area (Å²) in [6, 6.07) is 9.27. The van der Waals surface area contributed by atoms with Gasteiger partial charge in [-0.15, -0.1) is 0 Å². The van der Waals surface area contributed by atoms with Crippen molar-refractivity contribution >= 4 is 16.7 Å². The summed E-state index contributed by atoms with van der Waals surface area (Å²) in [5.74, 6) is 0.440. The highest BCUT2D eigenvalue weighted by Gasteiger charge is 2.17. The van der Waals surface area contributed by atoms with Gasteiger partial charge in [-0.1, -0.05) is 37.5 Å². The lowest BCUT2D eigenvalue weighted by Gasteiger charge is -2.22. The largest absolute Gasteiger partial charge is 0.350 e. The zero-order chi connectivity index (χ0) is 16.2. The van der Waals surface area contributed by atoms with E-state index in [0.29, 0.717) is 30.1 Å². The van der Waals surface area contributed by atoms with Gasteiger partial charge in [0.2, 0.25) is 0 Å². The first-order chi connectivity index (χ1) is 11.2. The van der Waals surface area contributed by atoms with Crippen LogP contribution in [0.1, 0.15) is 49.5 Å². The number of benzene rings is 1. The molecule has 3 rings (SSSR count). The van der Waals surface area contributed by atoms with Gasteiger partial charge in [0, 0.05) is 18.5 Å². The quantitative estimate of drug-likeness (QED) is 0.941. The van der Waals surface area contributed by atoms with Crippen molar-refractivity contribution in [3.05, 3.63) is 46.4 Å². The molecule has 1 fully saturated rings. The molecule has 1 amide bonds. The highest BCUT2D eigenvalue weighted by Crippen LogP contribution is 2.22. The molecule has 1 aromatic heterocycles. The highest BCUT2D eigenvalue weighted by molar-refractivity contribution is 5.96. The Kier molecular flexibility index (Phi) is 4.79. The molecule has 1 N–H and O–H groups in total. The van der Waals surface area contributed by atoms with Crippen molar-refractivity contribution in [3.8, 4) is 0 Å². The predicted molar refractivity (Wildman–Crippen MR) is 92.8 cm³/mol. The van der Waals surface area contributed by atoms with E-state index >= 15 is 0 Å². The van der Waals surface area contributed by atoms with Crippen molar-refractivity contribution < 1.29 is 4.79 Å². The monoisotopic (exact) mass is 312 g/mol. The number of rotatable bonds is 4. The molecule has 0 spiro atoms. The maximum Gasteiger partial charge on any atom is 0.268 e. The number of hydrogen-bond donors (Lipinski definition) is 1. The van der Waals surface area contributed by atoms with Gasteiger partial charge in [0.25, 0.3) is 11.5 Å². The van der Waals surface area contributed by atoms with E-state index in [4.69, 9.17) is 0 Å². The molecule has 1 heterocycles. The molecule has 1 aliphatic rings. The maximum atomic E-state index is 12.6. The van der Waals surface area contributed by atoms with Crippen LogP contribution in [0.4, 0.5) is 0 Å². The Morgan fingerprint density at radius 3 is 2.70 bits per heavy atom. The average Bonchev–Trinajstić information content (AvgIpc) is 2.60. The van der Waals surface area contributed by atoms with Crippen molar-refractivity contribution in [3.63, 3.8) is 0 Å². The fraction of sp³-hybridized carbons (Fsp3) is 0.474. The Bertz CT molecular complexity index is 758. The van der Waals surface area contributed by atoms with Crippen LogP contribution in [0.2, 0.25) is 0 Å². The summed E-state index contributed by atoms with van der Waals surface area (Å²) in [5.41, 5.74) is 0.375. The summed E-state index contributed by atoms with van der Waals surface area (Å²) in [7, 11) is 0. The first-order valence-corrected chi connectivity index (χ1v) is 8.61. The summed E-state index contributed by atoms with van der Waals surface area (Å²) >= 11 is 0. The Morgan fingerprint density at radius 1 is 1.22 bits per heavy atom. The third-order valence-electron chi connectivity index (χ3n) is 4.84. The van der Waals surface area contributed by atoms with Gasteiger partial charge in [-0.2, -0.15) is 0 Å². The van der Waals surface area contributed by atoms with Crippen LogP contribution in [0.5, 0.6) is 0 Å². The van der Waals surface area contributed by atoms with E-state index in [-0.39, 0.29) is 11.5 Å². The standard InChI is InChI=1S/C19H24N2O2/c1-2-21-17(12-15-10-6-7-11-16(15)19(21)23)18(22)20-13-14-8-4-3-5-9-14/h6-7,10-12,14H,2-5,8-9,13H2,1H3,(H,20,22). The third-order valence-corrected chi connectivity index (χ3v) is 4.84. The molecule has 0 unspecified atom stereocenters. The van der Waals surface area contributed by atoms with Gasteiger partial charge in [0.05, 0.1) is 0 Å². The number of amides is 1. The number of nitrogens with one attached hydrogen (secondary N) is 1. The molecule has 23 heavy (non-hydrogen) atoms. The fourth-order valence-corrected chi connectivity index (χ4v) is 3.52. The first-order valence-electron chi connectivity index (χ1n) is 8.61. The van der Waals surface area contributed by atoms with E-state index in [1.54, 1.807) is 4.57 Å². The van der Waals surface area contributed by atoms with E-state index in [1.165, 1.54) is 32.1 Å². The lowest BCUT2D eigenvalue weighted by Crippen LogP contribution is -2.35. The van der Waals surface area contributed by atoms with Gasteiger partial charge in [-0.05, 0) is 43.2 Å². The summed E-state index contributed by atoms with van der Waals surface area (Å²) in [6.07, 6.45) is 6.22. The van der Waals surface area contributed by atoms with Gasteiger partial charge in [0.15, 0.2) is 0 Å². The molecule has 0 aliphatic heterocycles. The van der Waals surface area contributed by atoms with Gasteiger partial charge in [-0.3, -0.25) is 9.59 Å². The third kappa shape index (κ3) is 3.31. The topological polar surface area (TPSA) is 51.1 Å². The van der Waals surface area contributed by atoms with E-state index in [9.17, 15) is 9.59 Å². The normalized spacial score (nSPS) is 15.7. The molecule has 0 radical (unpaired) electrons. The number of hydrogen-bond acceptors (Lipinski definition) is 2. The van der Waals surface area contributed by atoms with Gasteiger partial charge in [0.1, 0.15) is 5.69 Å². The second kappa shape index (κ2) is 6.99. The lowest BCUT2D eigenvalue weighted by atomic mass is 9.89. The number of fused-ring (bicyclic) bond motifs is 1. The number of carbonyl (C=O) groups excluding carboxylic acids is 1. The molecule has 0 saturated heterocycles. The minimum absolute atomic E-state index is 0.0894. The van der Waals surface area contributed by atoms with Crippen molar-refractivity contribution in [1.82, 2.24) is 9.88 Å². The molecule has 1 saturated carbocycles. The van der Waals surface area contributed by atoms with Crippen molar-refractivity contribution in [2.75, 3.05) is 6.54 Å². The first kappa shape index (κ1) is 15.8. The Hall–Kier alpha value is -2.10. The zero-order valence-corrected chi connectivity index (χ0v) is 13.7. The molecule has 1 aliphatic carbocycles.